The second-order valence-corrected chi connectivity index (χ2v) is 9.64. The molecule has 31 heavy (non-hydrogen) atoms. The van der Waals surface area contributed by atoms with Gasteiger partial charge in [0, 0.05) is 11.6 Å². The van der Waals surface area contributed by atoms with Crippen LogP contribution in [-0.4, -0.2) is 38.2 Å². The van der Waals surface area contributed by atoms with Crippen molar-refractivity contribution in [3.63, 3.8) is 0 Å². The van der Waals surface area contributed by atoms with Gasteiger partial charge in [0.05, 0.1) is 5.54 Å². The monoisotopic (exact) mass is 423 g/mol. The molecule has 4 rings (SSSR count). The largest absolute Gasteiger partial charge is 0.344 e. The average Bonchev–Trinajstić information content (AvgIpc) is 3.42. The van der Waals surface area contributed by atoms with Crippen molar-refractivity contribution in [1.29, 1.82) is 0 Å². The minimum Gasteiger partial charge on any atom is -0.322 e. The highest BCUT2D eigenvalue weighted by Gasteiger charge is 2.48. The molecule has 2 heterocycles. The van der Waals surface area contributed by atoms with E-state index >= 15 is 0 Å². The smallest absolute Gasteiger partial charge is 0.322 e. The van der Waals surface area contributed by atoms with Crippen molar-refractivity contribution in [2.24, 2.45) is 0 Å². The van der Waals surface area contributed by atoms with Crippen molar-refractivity contribution in [1.82, 2.24) is 25.5 Å². The van der Waals surface area contributed by atoms with E-state index in [2.05, 4.69) is 15.8 Å². The van der Waals surface area contributed by atoms with Crippen molar-refractivity contribution in [3.05, 3.63) is 53.3 Å². The number of carbonyl (C=O) groups is 3. The molecule has 8 nitrogen and oxygen atoms in total. The molecule has 1 aliphatic carbocycles. The first-order valence-electron chi connectivity index (χ1n) is 10.7. The normalized spacial score (nSPS) is 21.4. The number of amides is 4. The van der Waals surface area contributed by atoms with Crippen molar-refractivity contribution in [2.45, 2.75) is 70.4 Å². The van der Waals surface area contributed by atoms with Crippen LogP contribution in [0.4, 0.5) is 4.79 Å². The van der Waals surface area contributed by atoms with Crippen molar-refractivity contribution in [3.8, 4) is 0 Å². The quantitative estimate of drug-likeness (QED) is 0.698. The Morgan fingerprint density at radius 2 is 1.90 bits per heavy atom. The molecule has 1 saturated carbocycles. The van der Waals surface area contributed by atoms with Crippen molar-refractivity contribution in [2.75, 3.05) is 0 Å². The number of rotatable bonds is 6. The van der Waals surface area contributed by atoms with Crippen LogP contribution in [0.25, 0.3) is 0 Å². The molecule has 1 atom stereocenters. The van der Waals surface area contributed by atoms with E-state index in [9.17, 15) is 14.4 Å². The lowest BCUT2D eigenvalue weighted by atomic mass is 9.93. The Morgan fingerprint density at radius 1 is 1.23 bits per heavy atom. The zero-order valence-electron chi connectivity index (χ0n) is 18.4. The lowest BCUT2D eigenvalue weighted by Crippen LogP contribution is -2.49. The van der Waals surface area contributed by atoms with Crippen LogP contribution >= 0.6 is 0 Å². The average molecular weight is 424 g/mol. The third-order valence-electron chi connectivity index (χ3n) is 5.83. The fourth-order valence-corrected chi connectivity index (χ4v) is 3.87. The molecule has 164 valence electrons. The Balaban J connectivity index is 1.47. The molecule has 1 saturated heterocycles. The van der Waals surface area contributed by atoms with E-state index in [1.54, 1.807) is 13.0 Å². The fraction of sp³-hybridized carbons (Fsp3) is 0.478. The second kappa shape index (κ2) is 7.51. The van der Waals surface area contributed by atoms with Gasteiger partial charge in [-0.25, -0.2) is 4.79 Å². The molecule has 2 aliphatic rings. The summed E-state index contributed by atoms with van der Waals surface area (Å²) in [5, 5.41) is 7.98. The van der Waals surface area contributed by atoms with Gasteiger partial charge < -0.3 is 5.32 Å². The van der Waals surface area contributed by atoms with E-state index < -0.39 is 23.4 Å². The molecule has 2 aromatic rings. The van der Waals surface area contributed by atoms with Crippen LogP contribution in [0, 0.1) is 0 Å². The summed E-state index contributed by atoms with van der Waals surface area (Å²) in [6.07, 6.45) is 3.22. The zero-order valence-corrected chi connectivity index (χ0v) is 18.4. The molecule has 1 aromatic heterocycles. The third kappa shape index (κ3) is 4.19. The molecule has 0 radical (unpaired) electrons. The summed E-state index contributed by atoms with van der Waals surface area (Å²) in [6, 6.07) is 10.9. The number of aryl methyl sites for hydroxylation is 1. The number of imide groups is 1. The van der Waals surface area contributed by atoms with Crippen molar-refractivity contribution >= 4 is 17.8 Å². The molecular weight excluding hydrogens is 394 g/mol. The molecular formula is C23H29N5O3. The summed E-state index contributed by atoms with van der Waals surface area (Å²) >= 11 is 0. The Bertz CT molecular complexity index is 1020. The van der Waals surface area contributed by atoms with Crippen LogP contribution in [0.5, 0.6) is 0 Å². The van der Waals surface area contributed by atoms with Gasteiger partial charge in [0.2, 0.25) is 0 Å². The summed E-state index contributed by atoms with van der Waals surface area (Å²) in [5.41, 5.74) is 3.40. The topological polar surface area (TPSA) is 96.3 Å². The van der Waals surface area contributed by atoms with E-state index in [1.807, 2.05) is 55.8 Å². The Kier molecular flexibility index (Phi) is 5.11. The predicted octanol–water partition coefficient (Wildman–Crippen LogP) is 3.10. The summed E-state index contributed by atoms with van der Waals surface area (Å²) in [4.78, 5) is 38.3. The summed E-state index contributed by atoms with van der Waals surface area (Å²) in [7, 11) is 0. The molecule has 0 spiro atoms. The maximum atomic E-state index is 13.0. The number of hydrogen-bond acceptors (Lipinski definition) is 4. The van der Waals surface area contributed by atoms with Crippen LogP contribution in [0.3, 0.4) is 0 Å². The van der Waals surface area contributed by atoms with Gasteiger partial charge in [-0.1, -0.05) is 30.3 Å². The van der Waals surface area contributed by atoms with Gasteiger partial charge in [-0.2, -0.15) is 10.1 Å². The van der Waals surface area contributed by atoms with E-state index in [1.165, 1.54) is 0 Å². The molecule has 0 bridgehead atoms. The highest BCUT2D eigenvalue weighted by Crippen LogP contribution is 2.41. The number of nitrogens with zero attached hydrogens (tertiary/aromatic N) is 3. The molecule has 2 N–H and O–H groups in total. The standard InChI is InChI=1S/C23H29N5O3/c1-22(2,3)28-18(16-10-11-16)14-17(25-28)19(29)26-27-20(30)23(4,24-21(27)31)13-12-15-8-6-5-7-9-15/h5-9,14,16H,10-13H2,1-4H3,(H,24,31)(H,26,29). The minimum atomic E-state index is -1.08. The number of urea groups is 1. The number of carbonyl (C=O) groups excluding carboxylic acids is 3. The molecule has 4 amide bonds. The molecule has 1 unspecified atom stereocenters. The number of hydrogen-bond donors (Lipinski definition) is 2. The minimum absolute atomic E-state index is 0.204. The van der Waals surface area contributed by atoms with Gasteiger partial charge in [0.25, 0.3) is 11.8 Å². The SMILES string of the molecule is CC1(CCc2ccccc2)NC(=O)N(NC(=O)c2cc(C3CC3)n(C(C)(C)C)n2)C1=O. The van der Waals surface area contributed by atoms with E-state index in [0.717, 1.165) is 29.1 Å². The van der Waals surface area contributed by atoms with Crippen molar-refractivity contribution < 1.29 is 14.4 Å². The molecule has 1 aromatic carbocycles. The Labute approximate surface area is 182 Å². The zero-order chi connectivity index (χ0) is 22.4. The number of nitrogens with one attached hydrogen (secondary N) is 2. The maximum absolute atomic E-state index is 13.0. The summed E-state index contributed by atoms with van der Waals surface area (Å²) < 4.78 is 1.87. The number of aromatic nitrogens is 2. The van der Waals surface area contributed by atoms with Crippen LogP contribution in [-0.2, 0) is 16.8 Å². The summed E-state index contributed by atoms with van der Waals surface area (Å²) in [6.45, 7) is 7.78. The van der Waals surface area contributed by atoms with Gasteiger partial charge in [-0.05, 0) is 65.0 Å². The highest BCUT2D eigenvalue weighted by molar-refractivity contribution is 6.08. The first kappa shape index (κ1) is 21.1. The van der Waals surface area contributed by atoms with Crippen LogP contribution < -0.4 is 10.7 Å². The fourth-order valence-electron chi connectivity index (χ4n) is 3.87. The van der Waals surface area contributed by atoms with Gasteiger partial charge in [-0.15, -0.1) is 0 Å². The first-order chi connectivity index (χ1) is 14.6. The predicted molar refractivity (Wildman–Crippen MR) is 115 cm³/mol. The Morgan fingerprint density at radius 3 is 2.52 bits per heavy atom. The first-order valence-corrected chi connectivity index (χ1v) is 10.7. The van der Waals surface area contributed by atoms with Crippen LogP contribution in [0.2, 0.25) is 0 Å². The molecule has 2 fully saturated rings. The van der Waals surface area contributed by atoms with Gasteiger partial charge in [0.15, 0.2) is 5.69 Å². The van der Waals surface area contributed by atoms with E-state index in [4.69, 9.17) is 0 Å². The number of benzene rings is 1. The lowest BCUT2D eigenvalue weighted by molar-refractivity contribution is -0.132. The van der Waals surface area contributed by atoms with Crippen LogP contribution in [0.1, 0.15) is 74.6 Å². The van der Waals surface area contributed by atoms with Gasteiger partial charge in [0.1, 0.15) is 5.54 Å². The van der Waals surface area contributed by atoms with E-state index in [-0.39, 0.29) is 11.2 Å². The lowest BCUT2D eigenvalue weighted by Gasteiger charge is -2.22. The van der Waals surface area contributed by atoms with Gasteiger partial charge >= 0.3 is 6.03 Å². The second-order valence-electron chi connectivity index (χ2n) is 9.64. The Hall–Kier alpha value is -3.16. The van der Waals surface area contributed by atoms with E-state index in [0.29, 0.717) is 18.8 Å². The third-order valence-corrected chi connectivity index (χ3v) is 5.83. The highest BCUT2D eigenvalue weighted by atomic mass is 16.2. The molecule has 8 heteroatoms. The number of hydrazine groups is 1. The summed E-state index contributed by atoms with van der Waals surface area (Å²) in [5.74, 6) is -0.633. The maximum Gasteiger partial charge on any atom is 0.344 e. The van der Waals surface area contributed by atoms with Crippen LogP contribution in [0.15, 0.2) is 36.4 Å². The molecule has 1 aliphatic heterocycles. The van der Waals surface area contributed by atoms with Gasteiger partial charge in [-0.3, -0.25) is 19.7 Å².